The summed E-state index contributed by atoms with van der Waals surface area (Å²) in [6, 6.07) is 14.7. The zero-order valence-corrected chi connectivity index (χ0v) is 33.6. The van der Waals surface area contributed by atoms with Crippen molar-refractivity contribution in [3.63, 3.8) is 0 Å². The van der Waals surface area contributed by atoms with Crippen LogP contribution in [0.15, 0.2) is 67.4 Å². The number of likely N-dealkylation sites (tertiary alicyclic amines) is 2. The Morgan fingerprint density at radius 2 is 1.23 bits per heavy atom. The number of imidazole rings is 2. The van der Waals surface area contributed by atoms with E-state index in [0.29, 0.717) is 19.5 Å². The van der Waals surface area contributed by atoms with Gasteiger partial charge in [0.1, 0.15) is 23.7 Å². The fourth-order valence-corrected chi connectivity index (χ4v) is 7.82. The summed E-state index contributed by atoms with van der Waals surface area (Å²) in [5.74, 6) is 0.915. The van der Waals surface area contributed by atoms with Crippen molar-refractivity contribution in [1.82, 2.24) is 40.4 Å². The molecule has 2 saturated heterocycles. The molecule has 0 saturated carbocycles. The predicted molar refractivity (Wildman–Crippen MR) is 217 cm³/mol. The number of hydrogen-bond donors (Lipinski definition) is 4. The lowest BCUT2D eigenvalue weighted by atomic mass is 10.0. The number of methoxy groups -OCH3 is 2. The van der Waals surface area contributed by atoms with Crippen LogP contribution in [-0.4, -0.2) is 93.1 Å². The minimum Gasteiger partial charge on any atom is -0.453 e. The minimum atomic E-state index is -0.708. The zero-order chi connectivity index (χ0) is 40.8. The molecule has 0 aliphatic carbocycles. The molecule has 4 aromatic rings. The van der Waals surface area contributed by atoms with Gasteiger partial charge in [-0.2, -0.15) is 0 Å². The molecule has 14 nitrogen and oxygen atoms in total. The van der Waals surface area contributed by atoms with Crippen LogP contribution in [0.3, 0.4) is 0 Å². The Bertz CT molecular complexity index is 2050. The topological polar surface area (TPSA) is 175 Å². The summed E-state index contributed by atoms with van der Waals surface area (Å²) in [6.07, 6.45) is 6.14. The number of rotatable bonds is 13. The second-order valence-corrected chi connectivity index (χ2v) is 15.4. The van der Waals surface area contributed by atoms with Gasteiger partial charge in [0.2, 0.25) is 11.8 Å². The molecule has 302 valence electrons. The van der Waals surface area contributed by atoms with Gasteiger partial charge in [-0.05, 0) is 59.8 Å². The van der Waals surface area contributed by atoms with Gasteiger partial charge in [0.05, 0.1) is 49.6 Å². The molecule has 2 fully saturated rings. The maximum absolute atomic E-state index is 13.7. The molecule has 2 aliphatic rings. The third-order valence-electron chi connectivity index (χ3n) is 10.9. The van der Waals surface area contributed by atoms with Gasteiger partial charge in [0.15, 0.2) is 0 Å². The minimum absolute atomic E-state index is 0.109. The van der Waals surface area contributed by atoms with E-state index in [-0.39, 0.29) is 35.7 Å². The summed E-state index contributed by atoms with van der Waals surface area (Å²) in [5.41, 5.74) is 6.63. The lowest BCUT2D eigenvalue weighted by Crippen LogP contribution is -2.51. The molecule has 4 atom stereocenters. The van der Waals surface area contributed by atoms with E-state index in [0.717, 1.165) is 76.7 Å². The van der Waals surface area contributed by atoms with Gasteiger partial charge in [-0.3, -0.25) is 9.59 Å². The number of hydrogen-bond acceptors (Lipinski definition) is 8. The number of H-pyrrole nitrogens is 2. The van der Waals surface area contributed by atoms with Crippen molar-refractivity contribution in [2.45, 2.75) is 84.0 Å². The Kier molecular flexibility index (Phi) is 12.8. The van der Waals surface area contributed by atoms with Gasteiger partial charge < -0.3 is 39.9 Å². The standard InChI is InChI=1S/C43H54N8O6/c1-8-11-31-37(47-39(45-31)34-13-10-23-51(34)41(53)36(26(4)5)49-43(55)57-7)30-20-16-28(17-21-30)27-14-18-29(19-15-27)32-24-44-38(46-32)33-12-9-22-50(33)40(52)35(25(2)3)48-42(54)56-6/h8,14-21,24-26,33-36H,1,9-13,22-23H2,2-7H3,(H,44,46)(H,45,47)(H,48,54)(H,49,55)/t33-,34-,35-,36-/m0/s1. The van der Waals surface area contributed by atoms with E-state index in [1.165, 1.54) is 14.2 Å². The Hall–Kier alpha value is -5.92. The highest BCUT2D eigenvalue weighted by Crippen LogP contribution is 2.36. The number of nitrogens with one attached hydrogen (secondary N) is 4. The molecular weight excluding hydrogens is 725 g/mol. The van der Waals surface area contributed by atoms with Crippen LogP contribution in [-0.2, 0) is 25.5 Å². The second-order valence-electron chi connectivity index (χ2n) is 15.4. The number of aromatic amines is 2. The number of alkyl carbamates (subject to hydrolysis) is 2. The number of amides is 4. The molecule has 0 spiro atoms. The number of aromatic nitrogens is 4. The first-order valence-corrected chi connectivity index (χ1v) is 19.7. The van der Waals surface area contributed by atoms with Gasteiger partial charge in [-0.1, -0.05) is 82.3 Å². The molecule has 4 N–H and O–H groups in total. The Morgan fingerprint density at radius 1 is 0.754 bits per heavy atom. The average molecular weight is 779 g/mol. The Morgan fingerprint density at radius 3 is 1.70 bits per heavy atom. The summed E-state index contributed by atoms with van der Waals surface area (Å²) < 4.78 is 9.54. The van der Waals surface area contributed by atoms with E-state index in [1.807, 2.05) is 38.7 Å². The predicted octanol–water partition coefficient (Wildman–Crippen LogP) is 6.95. The van der Waals surface area contributed by atoms with Crippen LogP contribution in [0.2, 0.25) is 0 Å². The van der Waals surface area contributed by atoms with Gasteiger partial charge in [0.25, 0.3) is 0 Å². The van der Waals surface area contributed by atoms with Crippen LogP contribution in [0.5, 0.6) is 0 Å². The van der Waals surface area contributed by atoms with Crippen molar-refractivity contribution in [1.29, 1.82) is 0 Å². The van der Waals surface area contributed by atoms with Crippen LogP contribution < -0.4 is 10.6 Å². The molecule has 6 rings (SSSR count). The molecule has 0 bridgehead atoms. The van der Waals surface area contributed by atoms with Crippen LogP contribution >= 0.6 is 0 Å². The number of carbonyl (C=O) groups is 4. The average Bonchev–Trinajstić information content (AvgIpc) is 4.05. The highest BCUT2D eigenvalue weighted by atomic mass is 16.5. The molecule has 2 aromatic carbocycles. The third-order valence-corrected chi connectivity index (χ3v) is 10.9. The van der Waals surface area contributed by atoms with Gasteiger partial charge in [-0.25, -0.2) is 19.6 Å². The summed E-state index contributed by atoms with van der Waals surface area (Å²) in [5, 5.41) is 5.41. The number of nitrogens with zero attached hydrogens (tertiary/aromatic N) is 4. The fraction of sp³-hybridized carbons (Fsp3) is 0.442. The molecule has 14 heteroatoms. The lowest BCUT2D eigenvalue weighted by Gasteiger charge is -2.30. The molecule has 4 amide bonds. The quantitative estimate of drug-likeness (QED) is 0.106. The van der Waals surface area contributed by atoms with Gasteiger partial charge in [-0.15, -0.1) is 6.58 Å². The monoisotopic (exact) mass is 778 g/mol. The molecule has 57 heavy (non-hydrogen) atoms. The summed E-state index contributed by atoms with van der Waals surface area (Å²) in [7, 11) is 2.58. The fourth-order valence-electron chi connectivity index (χ4n) is 7.82. The van der Waals surface area contributed by atoms with Crippen LogP contribution in [0.4, 0.5) is 9.59 Å². The first-order valence-electron chi connectivity index (χ1n) is 19.7. The molecule has 2 aliphatic heterocycles. The number of ether oxygens (including phenoxy) is 2. The first kappa shape index (κ1) is 40.7. The zero-order valence-electron chi connectivity index (χ0n) is 33.6. The van der Waals surface area contributed by atoms with Crippen molar-refractivity contribution >= 4 is 24.0 Å². The normalized spacial score (nSPS) is 17.8. The number of benzene rings is 2. The van der Waals surface area contributed by atoms with Crippen molar-refractivity contribution in [2.75, 3.05) is 27.3 Å². The maximum atomic E-state index is 13.7. The summed E-state index contributed by atoms with van der Waals surface area (Å²) in [6.45, 7) is 12.7. The smallest absolute Gasteiger partial charge is 0.407 e. The van der Waals surface area contributed by atoms with Crippen molar-refractivity contribution in [2.24, 2.45) is 11.8 Å². The van der Waals surface area contributed by atoms with Gasteiger partial charge in [0, 0.05) is 19.5 Å². The van der Waals surface area contributed by atoms with E-state index in [2.05, 4.69) is 80.7 Å². The highest BCUT2D eigenvalue weighted by molar-refractivity contribution is 5.87. The summed E-state index contributed by atoms with van der Waals surface area (Å²) >= 11 is 0. The molecule has 0 radical (unpaired) electrons. The SMILES string of the molecule is C=CCc1nc([C@@H]2CCCN2C(=O)[C@@H](NC(=O)OC)C(C)C)[nH]c1-c1ccc(-c2ccc(-c3cnc([C@@H]4CCCN4C(=O)[C@@H](NC(=O)OC)C(C)C)[nH]3)cc2)cc1. The van der Waals surface area contributed by atoms with E-state index in [4.69, 9.17) is 14.5 Å². The van der Waals surface area contributed by atoms with Crippen molar-refractivity contribution < 1.29 is 28.7 Å². The molecule has 2 aromatic heterocycles. The Balaban J connectivity index is 1.16. The number of allylic oxidation sites excluding steroid dienone is 1. The number of carbonyl (C=O) groups excluding carboxylic acids is 4. The van der Waals surface area contributed by atoms with Crippen LogP contribution in [0.25, 0.3) is 33.6 Å². The van der Waals surface area contributed by atoms with E-state index >= 15 is 0 Å². The van der Waals surface area contributed by atoms with Crippen LogP contribution in [0.1, 0.15) is 82.8 Å². The second kappa shape index (κ2) is 17.9. The largest absolute Gasteiger partial charge is 0.453 e. The van der Waals surface area contributed by atoms with E-state index in [1.54, 1.807) is 11.1 Å². The van der Waals surface area contributed by atoms with Crippen molar-refractivity contribution in [3.05, 3.63) is 84.7 Å². The molecule has 0 unspecified atom stereocenters. The van der Waals surface area contributed by atoms with E-state index in [9.17, 15) is 19.2 Å². The van der Waals surface area contributed by atoms with Crippen molar-refractivity contribution in [3.8, 4) is 33.6 Å². The Labute approximate surface area is 333 Å². The third kappa shape index (κ3) is 8.90. The first-order chi connectivity index (χ1) is 27.4. The van der Waals surface area contributed by atoms with Gasteiger partial charge >= 0.3 is 12.2 Å². The summed E-state index contributed by atoms with van der Waals surface area (Å²) in [4.78, 5) is 71.5. The molecular formula is C43H54N8O6. The maximum Gasteiger partial charge on any atom is 0.407 e. The highest BCUT2D eigenvalue weighted by Gasteiger charge is 2.39. The van der Waals surface area contributed by atoms with E-state index < -0.39 is 24.3 Å². The molecule has 4 heterocycles. The lowest BCUT2D eigenvalue weighted by molar-refractivity contribution is -0.136. The van der Waals surface area contributed by atoms with Crippen LogP contribution in [0, 0.1) is 11.8 Å².